The maximum absolute atomic E-state index is 13.8. The number of benzene rings is 1. The maximum Gasteiger partial charge on any atom is 0.165 e. The molecule has 1 saturated carbocycles. The van der Waals surface area contributed by atoms with Gasteiger partial charge < -0.3 is 4.74 Å². The highest BCUT2D eigenvalue weighted by Crippen LogP contribution is 2.36. The average molecular weight is 387 g/mol. The summed E-state index contributed by atoms with van der Waals surface area (Å²) in [5.41, 5.74) is 2.65. The molecule has 1 aromatic rings. The van der Waals surface area contributed by atoms with Crippen molar-refractivity contribution < 1.29 is 9.13 Å². The molecule has 1 atom stereocenters. The fourth-order valence-electron chi connectivity index (χ4n) is 5.29. The zero-order valence-electron chi connectivity index (χ0n) is 18.0. The van der Waals surface area contributed by atoms with Crippen LogP contribution in [-0.2, 0) is 6.42 Å². The molecule has 2 aliphatic carbocycles. The third-order valence-corrected chi connectivity index (χ3v) is 7.21. The van der Waals surface area contributed by atoms with Crippen LogP contribution in [0.1, 0.15) is 89.5 Å². The first-order chi connectivity index (χ1) is 13.7. The Labute approximate surface area is 171 Å². The van der Waals surface area contributed by atoms with Crippen molar-refractivity contribution in [3.8, 4) is 5.75 Å². The van der Waals surface area contributed by atoms with Crippen LogP contribution in [0.3, 0.4) is 0 Å². The molecule has 1 nitrogen and oxygen atoms in total. The molecule has 2 aliphatic rings. The van der Waals surface area contributed by atoms with Crippen molar-refractivity contribution in [1.82, 2.24) is 0 Å². The summed E-state index contributed by atoms with van der Waals surface area (Å²) in [6, 6.07) is 5.36. The van der Waals surface area contributed by atoms with Crippen LogP contribution in [0.2, 0.25) is 0 Å². The molecule has 0 bridgehead atoms. The summed E-state index contributed by atoms with van der Waals surface area (Å²) < 4.78 is 18.8. The van der Waals surface area contributed by atoms with Gasteiger partial charge in [0.1, 0.15) is 0 Å². The van der Waals surface area contributed by atoms with Crippen molar-refractivity contribution in [1.29, 1.82) is 0 Å². The number of allylic oxidation sites excluding steroid dienone is 2. The fourth-order valence-corrected chi connectivity index (χ4v) is 5.29. The van der Waals surface area contributed by atoms with Crippen LogP contribution in [0, 0.1) is 23.6 Å². The average Bonchev–Trinajstić information content (AvgIpc) is 2.73. The van der Waals surface area contributed by atoms with Crippen LogP contribution in [0.25, 0.3) is 0 Å². The quantitative estimate of drug-likeness (QED) is 0.392. The molecule has 0 N–H and O–H groups in total. The number of methoxy groups -OCH3 is 1. The van der Waals surface area contributed by atoms with Gasteiger partial charge in [-0.3, -0.25) is 0 Å². The van der Waals surface area contributed by atoms with Crippen LogP contribution >= 0.6 is 0 Å². The predicted octanol–water partition coefficient (Wildman–Crippen LogP) is 7.88. The van der Waals surface area contributed by atoms with Gasteiger partial charge >= 0.3 is 0 Å². The topological polar surface area (TPSA) is 9.23 Å². The van der Waals surface area contributed by atoms with Crippen molar-refractivity contribution in [3.05, 3.63) is 41.2 Å². The summed E-state index contributed by atoms with van der Waals surface area (Å²) in [7, 11) is 1.51. The minimum atomic E-state index is -0.249. The molecular weight excluding hydrogens is 347 g/mol. The summed E-state index contributed by atoms with van der Waals surface area (Å²) >= 11 is 0. The van der Waals surface area contributed by atoms with Gasteiger partial charge in [0.15, 0.2) is 11.6 Å². The fraction of sp³-hybridized carbons (Fsp3) is 0.692. The summed E-state index contributed by atoms with van der Waals surface area (Å²) in [6.07, 6.45) is 20.0. The van der Waals surface area contributed by atoms with Crippen molar-refractivity contribution in [2.75, 3.05) is 7.11 Å². The lowest BCUT2D eigenvalue weighted by atomic mass is 9.76. The third-order valence-electron chi connectivity index (χ3n) is 7.21. The van der Waals surface area contributed by atoms with Crippen LogP contribution in [-0.4, -0.2) is 7.11 Å². The van der Waals surface area contributed by atoms with Gasteiger partial charge in [-0.2, -0.15) is 0 Å². The number of hydrogen-bond donors (Lipinski definition) is 0. The van der Waals surface area contributed by atoms with E-state index in [9.17, 15) is 4.39 Å². The van der Waals surface area contributed by atoms with Crippen LogP contribution in [0.4, 0.5) is 4.39 Å². The predicted molar refractivity (Wildman–Crippen MR) is 116 cm³/mol. The minimum absolute atomic E-state index is 0.249. The molecule has 28 heavy (non-hydrogen) atoms. The van der Waals surface area contributed by atoms with Crippen molar-refractivity contribution >= 4 is 0 Å². The van der Waals surface area contributed by atoms with E-state index in [1.807, 2.05) is 6.07 Å². The van der Waals surface area contributed by atoms with Gasteiger partial charge in [-0.05, 0) is 74.0 Å². The Balaban J connectivity index is 1.35. The van der Waals surface area contributed by atoms with Gasteiger partial charge in [0, 0.05) is 0 Å². The Morgan fingerprint density at radius 1 is 0.929 bits per heavy atom. The van der Waals surface area contributed by atoms with Gasteiger partial charge in [0.2, 0.25) is 0 Å². The zero-order valence-corrected chi connectivity index (χ0v) is 18.0. The smallest absolute Gasteiger partial charge is 0.165 e. The third kappa shape index (κ3) is 6.36. The number of ether oxygens (including phenoxy) is 1. The summed E-state index contributed by atoms with van der Waals surface area (Å²) in [5.74, 6) is 3.02. The van der Waals surface area contributed by atoms with Crippen molar-refractivity contribution in [2.45, 2.75) is 90.4 Å². The van der Waals surface area contributed by atoms with Crippen LogP contribution < -0.4 is 4.74 Å². The first kappa shape index (κ1) is 21.4. The zero-order chi connectivity index (χ0) is 19.8. The first-order valence-electron chi connectivity index (χ1n) is 11.7. The highest BCUT2D eigenvalue weighted by Gasteiger charge is 2.22. The van der Waals surface area contributed by atoms with Crippen LogP contribution in [0.15, 0.2) is 29.8 Å². The summed E-state index contributed by atoms with van der Waals surface area (Å²) in [6.45, 7) is 2.33. The maximum atomic E-state index is 13.8. The molecule has 0 spiro atoms. The number of hydrogen-bond acceptors (Lipinski definition) is 1. The molecule has 1 aromatic carbocycles. The molecular formula is C26H39FO. The Morgan fingerprint density at radius 3 is 2.25 bits per heavy atom. The lowest BCUT2D eigenvalue weighted by molar-refractivity contribution is 0.236. The van der Waals surface area contributed by atoms with Gasteiger partial charge in [-0.25, -0.2) is 4.39 Å². The molecule has 0 radical (unpaired) electrons. The van der Waals surface area contributed by atoms with E-state index in [1.54, 1.807) is 17.7 Å². The molecule has 0 saturated heterocycles. The van der Waals surface area contributed by atoms with E-state index in [-0.39, 0.29) is 5.82 Å². The molecule has 0 heterocycles. The molecule has 1 unspecified atom stereocenters. The monoisotopic (exact) mass is 386 g/mol. The second kappa shape index (κ2) is 11.0. The lowest BCUT2D eigenvalue weighted by Gasteiger charge is -2.30. The van der Waals surface area contributed by atoms with E-state index < -0.39 is 0 Å². The molecule has 156 valence electrons. The number of halogens is 1. The molecule has 1 fully saturated rings. The highest BCUT2D eigenvalue weighted by molar-refractivity contribution is 5.29. The van der Waals surface area contributed by atoms with Gasteiger partial charge in [0.05, 0.1) is 7.11 Å². The SMILES string of the molecule is CCC[C@H]1CC[C@H](CCC2CC=C(CCc3ccc(OC)c(F)c3)CC2)CC1. The van der Waals surface area contributed by atoms with E-state index in [0.717, 1.165) is 36.2 Å². The second-order valence-corrected chi connectivity index (χ2v) is 9.22. The largest absolute Gasteiger partial charge is 0.494 e. The Morgan fingerprint density at radius 2 is 1.64 bits per heavy atom. The van der Waals surface area contributed by atoms with E-state index in [0.29, 0.717) is 5.75 Å². The molecule has 0 aromatic heterocycles. The number of rotatable bonds is 9. The van der Waals surface area contributed by atoms with E-state index in [2.05, 4.69) is 13.0 Å². The molecule has 0 amide bonds. The van der Waals surface area contributed by atoms with Crippen LogP contribution in [0.5, 0.6) is 5.75 Å². The van der Waals surface area contributed by atoms with E-state index in [4.69, 9.17) is 4.74 Å². The Kier molecular flexibility index (Phi) is 8.43. The highest BCUT2D eigenvalue weighted by atomic mass is 19.1. The minimum Gasteiger partial charge on any atom is -0.494 e. The first-order valence-corrected chi connectivity index (χ1v) is 11.7. The molecule has 2 heteroatoms. The second-order valence-electron chi connectivity index (χ2n) is 9.22. The van der Waals surface area contributed by atoms with Crippen molar-refractivity contribution in [3.63, 3.8) is 0 Å². The van der Waals surface area contributed by atoms with E-state index in [1.165, 1.54) is 77.7 Å². The van der Waals surface area contributed by atoms with Gasteiger partial charge in [-0.15, -0.1) is 0 Å². The Bertz CT molecular complexity index is 627. The van der Waals surface area contributed by atoms with Crippen molar-refractivity contribution in [2.24, 2.45) is 17.8 Å². The number of aryl methyl sites for hydroxylation is 1. The molecule has 3 rings (SSSR count). The van der Waals surface area contributed by atoms with Gasteiger partial charge in [-0.1, -0.05) is 69.6 Å². The molecule has 0 aliphatic heterocycles. The summed E-state index contributed by atoms with van der Waals surface area (Å²) in [4.78, 5) is 0. The lowest BCUT2D eigenvalue weighted by Crippen LogP contribution is -2.16. The summed E-state index contributed by atoms with van der Waals surface area (Å²) in [5, 5.41) is 0. The van der Waals surface area contributed by atoms with Gasteiger partial charge in [0.25, 0.3) is 0 Å². The normalized spacial score (nSPS) is 25.4. The standard InChI is InChI=1S/C26H39FO/c1-3-4-20-5-7-21(8-6-20)9-10-22-11-13-23(14-12-22)15-16-24-17-18-26(28-2)25(27)19-24/h13,17-22H,3-12,14-16H2,1-2H3/t20-,21-,22?. The van der Waals surface area contributed by atoms with E-state index >= 15 is 0 Å². The Hall–Kier alpha value is -1.31.